The summed E-state index contributed by atoms with van der Waals surface area (Å²) in [6.45, 7) is 5.09. The number of fused-ring (bicyclic) bond motifs is 1. The van der Waals surface area contributed by atoms with Crippen molar-refractivity contribution in [1.29, 1.82) is 0 Å². The van der Waals surface area contributed by atoms with Gasteiger partial charge in [0.05, 0.1) is 11.3 Å². The third kappa shape index (κ3) is 3.25. The van der Waals surface area contributed by atoms with Gasteiger partial charge >= 0.3 is 0 Å². The molecule has 1 aliphatic rings. The van der Waals surface area contributed by atoms with E-state index in [-0.39, 0.29) is 5.91 Å². The summed E-state index contributed by atoms with van der Waals surface area (Å²) < 4.78 is 0. The summed E-state index contributed by atoms with van der Waals surface area (Å²) in [5.41, 5.74) is 6.83. The second-order valence-electron chi connectivity index (χ2n) is 7.19. The predicted octanol–water partition coefficient (Wildman–Crippen LogP) is 3.62. The lowest BCUT2D eigenvalue weighted by Gasteiger charge is -2.11. The SMILES string of the molecule is CC(C)Cc1cncc(-c2cc(-c3cc4c([nH]3)CCNC4=O)ccn2)c1. The zero-order valence-corrected chi connectivity index (χ0v) is 15.0. The highest BCUT2D eigenvalue weighted by Crippen LogP contribution is 2.27. The molecule has 1 amide bonds. The highest BCUT2D eigenvalue weighted by atomic mass is 16.1. The first-order valence-corrected chi connectivity index (χ1v) is 9.01. The molecule has 2 N–H and O–H groups in total. The van der Waals surface area contributed by atoms with Gasteiger partial charge in [0.2, 0.25) is 0 Å². The van der Waals surface area contributed by atoms with Gasteiger partial charge in [0, 0.05) is 54.1 Å². The Morgan fingerprint density at radius 2 is 2.04 bits per heavy atom. The van der Waals surface area contributed by atoms with E-state index in [1.165, 1.54) is 5.56 Å². The lowest BCUT2D eigenvalue weighted by atomic mass is 10.0. The number of hydrogen-bond acceptors (Lipinski definition) is 3. The molecule has 0 unspecified atom stereocenters. The molecular weight excluding hydrogens is 324 g/mol. The molecule has 3 aromatic heterocycles. The first-order valence-electron chi connectivity index (χ1n) is 9.01. The molecule has 5 nitrogen and oxygen atoms in total. The highest BCUT2D eigenvalue weighted by Gasteiger charge is 2.20. The quantitative estimate of drug-likeness (QED) is 0.758. The zero-order chi connectivity index (χ0) is 18.1. The molecule has 0 aromatic carbocycles. The summed E-state index contributed by atoms with van der Waals surface area (Å²) in [5.74, 6) is 0.580. The molecule has 0 spiro atoms. The average molecular weight is 346 g/mol. The monoisotopic (exact) mass is 346 g/mol. The number of aromatic nitrogens is 3. The molecule has 0 aliphatic carbocycles. The lowest BCUT2D eigenvalue weighted by Crippen LogP contribution is -2.31. The fourth-order valence-corrected chi connectivity index (χ4v) is 3.42. The van der Waals surface area contributed by atoms with Gasteiger partial charge in [-0.15, -0.1) is 0 Å². The lowest BCUT2D eigenvalue weighted by molar-refractivity contribution is 0.0946. The maximum atomic E-state index is 12.0. The molecule has 4 rings (SSSR count). The molecule has 0 radical (unpaired) electrons. The number of carbonyl (C=O) groups excluding carboxylic acids is 1. The normalized spacial score (nSPS) is 13.6. The summed E-state index contributed by atoms with van der Waals surface area (Å²) >= 11 is 0. The van der Waals surface area contributed by atoms with E-state index in [9.17, 15) is 4.79 Å². The number of aromatic amines is 1. The van der Waals surface area contributed by atoms with Gasteiger partial charge in [-0.05, 0) is 42.2 Å². The number of pyridine rings is 2. The van der Waals surface area contributed by atoms with Crippen LogP contribution < -0.4 is 5.32 Å². The number of nitrogens with zero attached hydrogens (tertiary/aromatic N) is 2. The van der Waals surface area contributed by atoms with Crippen LogP contribution in [0.1, 0.15) is 35.5 Å². The molecule has 0 saturated heterocycles. The van der Waals surface area contributed by atoms with Gasteiger partial charge in [-0.1, -0.05) is 13.8 Å². The van der Waals surface area contributed by atoms with Crippen molar-refractivity contribution in [1.82, 2.24) is 20.3 Å². The Labute approximate surface area is 152 Å². The van der Waals surface area contributed by atoms with Crippen molar-refractivity contribution in [3.05, 3.63) is 59.7 Å². The molecule has 0 atom stereocenters. The number of rotatable bonds is 4. The van der Waals surface area contributed by atoms with Crippen molar-refractivity contribution >= 4 is 5.91 Å². The third-order valence-electron chi connectivity index (χ3n) is 4.61. The van der Waals surface area contributed by atoms with Gasteiger partial charge < -0.3 is 10.3 Å². The van der Waals surface area contributed by atoms with Gasteiger partial charge in [0.15, 0.2) is 0 Å². The summed E-state index contributed by atoms with van der Waals surface area (Å²) in [7, 11) is 0. The average Bonchev–Trinajstić information content (AvgIpc) is 3.07. The molecule has 26 heavy (non-hydrogen) atoms. The minimum Gasteiger partial charge on any atom is -0.358 e. The van der Waals surface area contributed by atoms with Crippen LogP contribution in [0.15, 0.2) is 42.9 Å². The number of H-pyrrole nitrogens is 1. The molecule has 4 heterocycles. The Morgan fingerprint density at radius 3 is 2.85 bits per heavy atom. The van der Waals surface area contributed by atoms with Crippen LogP contribution in [0.4, 0.5) is 0 Å². The fraction of sp³-hybridized carbons (Fsp3) is 0.286. The van der Waals surface area contributed by atoms with E-state index in [1.54, 1.807) is 6.20 Å². The zero-order valence-electron chi connectivity index (χ0n) is 15.0. The molecule has 132 valence electrons. The Kier molecular flexibility index (Phi) is 4.29. The van der Waals surface area contributed by atoms with Crippen molar-refractivity contribution < 1.29 is 4.79 Å². The van der Waals surface area contributed by atoms with Crippen LogP contribution in [-0.4, -0.2) is 27.4 Å². The maximum Gasteiger partial charge on any atom is 0.253 e. The van der Waals surface area contributed by atoms with Crippen LogP contribution in [0.2, 0.25) is 0 Å². The van der Waals surface area contributed by atoms with Crippen LogP contribution in [0.25, 0.3) is 22.5 Å². The number of carbonyl (C=O) groups is 1. The minimum atomic E-state index is -0.00591. The topological polar surface area (TPSA) is 70.7 Å². The van der Waals surface area contributed by atoms with Crippen LogP contribution in [0.5, 0.6) is 0 Å². The standard InChI is InChI=1S/C21H22N4O/c1-13(2)7-14-8-16(12-22-11-14)19-9-15(3-5-23-19)20-10-17-18(25-20)4-6-24-21(17)26/h3,5,8-13,25H,4,6-7H2,1-2H3,(H,24,26). The van der Waals surface area contributed by atoms with E-state index >= 15 is 0 Å². The largest absolute Gasteiger partial charge is 0.358 e. The predicted molar refractivity (Wildman–Crippen MR) is 102 cm³/mol. The van der Waals surface area contributed by atoms with E-state index in [1.807, 2.05) is 30.6 Å². The molecule has 5 heteroatoms. The molecule has 1 aliphatic heterocycles. The summed E-state index contributed by atoms with van der Waals surface area (Å²) in [5, 5.41) is 2.88. The Morgan fingerprint density at radius 1 is 1.15 bits per heavy atom. The van der Waals surface area contributed by atoms with Crippen molar-refractivity contribution in [3.63, 3.8) is 0 Å². The Bertz CT molecular complexity index is 958. The van der Waals surface area contributed by atoms with E-state index in [4.69, 9.17) is 0 Å². The molecule has 3 aromatic rings. The first kappa shape index (κ1) is 16.5. The van der Waals surface area contributed by atoms with Crippen molar-refractivity contribution in [2.24, 2.45) is 5.92 Å². The van der Waals surface area contributed by atoms with Crippen molar-refractivity contribution in [2.45, 2.75) is 26.7 Å². The fourth-order valence-electron chi connectivity index (χ4n) is 3.42. The second-order valence-corrected chi connectivity index (χ2v) is 7.19. The van der Waals surface area contributed by atoms with E-state index < -0.39 is 0 Å². The third-order valence-corrected chi connectivity index (χ3v) is 4.61. The second kappa shape index (κ2) is 6.75. The van der Waals surface area contributed by atoms with Gasteiger partial charge in [-0.2, -0.15) is 0 Å². The smallest absolute Gasteiger partial charge is 0.253 e. The van der Waals surface area contributed by atoms with Crippen LogP contribution in [-0.2, 0) is 12.8 Å². The van der Waals surface area contributed by atoms with Gasteiger partial charge in [-0.3, -0.25) is 14.8 Å². The molecular formula is C21H22N4O. The first-order chi connectivity index (χ1) is 12.6. The summed E-state index contributed by atoms with van der Waals surface area (Å²) in [6.07, 6.45) is 7.41. The Hall–Kier alpha value is -2.95. The Balaban J connectivity index is 1.68. The van der Waals surface area contributed by atoms with E-state index in [0.29, 0.717) is 12.5 Å². The number of nitrogens with one attached hydrogen (secondary N) is 2. The summed E-state index contributed by atoms with van der Waals surface area (Å²) in [4.78, 5) is 24.3. The van der Waals surface area contributed by atoms with Crippen LogP contribution in [0.3, 0.4) is 0 Å². The summed E-state index contributed by atoms with van der Waals surface area (Å²) in [6, 6.07) is 8.10. The van der Waals surface area contributed by atoms with Crippen LogP contribution >= 0.6 is 0 Å². The van der Waals surface area contributed by atoms with Crippen molar-refractivity contribution in [3.8, 4) is 22.5 Å². The van der Waals surface area contributed by atoms with Crippen LogP contribution in [0, 0.1) is 5.92 Å². The minimum absolute atomic E-state index is 0.00591. The number of hydrogen-bond donors (Lipinski definition) is 2. The van der Waals surface area contributed by atoms with E-state index in [2.05, 4.69) is 40.2 Å². The molecule has 0 fully saturated rings. The van der Waals surface area contributed by atoms with Gasteiger partial charge in [-0.25, -0.2) is 0 Å². The number of amides is 1. The van der Waals surface area contributed by atoms with Gasteiger partial charge in [0.1, 0.15) is 0 Å². The van der Waals surface area contributed by atoms with Gasteiger partial charge in [0.25, 0.3) is 5.91 Å². The van der Waals surface area contributed by atoms with Crippen molar-refractivity contribution in [2.75, 3.05) is 6.54 Å². The van der Waals surface area contributed by atoms with E-state index in [0.717, 1.165) is 46.6 Å². The highest BCUT2D eigenvalue weighted by molar-refractivity contribution is 5.97. The maximum absolute atomic E-state index is 12.0. The molecule has 0 bridgehead atoms. The molecule has 0 saturated carbocycles.